The van der Waals surface area contributed by atoms with E-state index in [9.17, 15) is 4.79 Å². The van der Waals surface area contributed by atoms with E-state index < -0.39 is 0 Å². The average molecular weight is 392 g/mol. The van der Waals surface area contributed by atoms with Crippen molar-refractivity contribution in [2.24, 2.45) is 0 Å². The van der Waals surface area contributed by atoms with E-state index in [2.05, 4.69) is 54.2 Å². The highest BCUT2D eigenvalue weighted by Gasteiger charge is 2.25. The minimum atomic E-state index is 0.0231. The molecule has 0 unspecified atom stereocenters. The lowest BCUT2D eigenvalue weighted by atomic mass is 9.96. The van der Waals surface area contributed by atoms with Gasteiger partial charge in [-0.3, -0.25) is 9.69 Å². The number of benzene rings is 2. The number of rotatable bonds is 5. The van der Waals surface area contributed by atoms with E-state index in [1.165, 1.54) is 41.6 Å². The molecule has 2 aliphatic heterocycles. The Morgan fingerprint density at radius 1 is 1.00 bits per heavy atom. The van der Waals surface area contributed by atoms with E-state index in [0.29, 0.717) is 6.54 Å². The van der Waals surface area contributed by atoms with Gasteiger partial charge in [-0.05, 0) is 93.1 Å². The van der Waals surface area contributed by atoms with Crippen molar-refractivity contribution < 1.29 is 4.79 Å². The summed E-state index contributed by atoms with van der Waals surface area (Å²) in [5.41, 5.74) is 7.27. The first-order valence-corrected chi connectivity index (χ1v) is 11.0. The third-order valence-electron chi connectivity index (χ3n) is 6.65. The highest BCUT2D eigenvalue weighted by molar-refractivity contribution is 5.94. The molecule has 1 atom stereocenters. The number of hydrogen-bond acceptors (Lipinski definition) is 3. The smallest absolute Gasteiger partial charge is 0.251 e. The Kier molecular flexibility index (Phi) is 5.91. The molecule has 2 aromatic rings. The number of hydrogen-bond donors (Lipinski definition) is 1. The van der Waals surface area contributed by atoms with Crippen molar-refractivity contribution in [2.45, 2.75) is 45.6 Å². The standard InChI is InChI=1S/C25H33N3O/c1-18-8-9-22(15-19(18)2)25(29)26-17-24(28-13-4-5-14-28)21-10-11-23-20(16-21)7-6-12-27(23)3/h8-11,15-16,24H,4-7,12-14,17H2,1-3H3,(H,26,29)/t24-/m0/s1. The van der Waals surface area contributed by atoms with Gasteiger partial charge in [-0.25, -0.2) is 0 Å². The number of carbonyl (C=O) groups is 1. The molecule has 2 aliphatic rings. The van der Waals surface area contributed by atoms with Crippen molar-refractivity contribution in [2.75, 3.05) is 38.1 Å². The predicted octanol–water partition coefficient (Wildman–Crippen LogP) is 4.25. The van der Waals surface area contributed by atoms with Crippen LogP contribution in [0.1, 0.15) is 57.9 Å². The molecule has 2 heterocycles. The van der Waals surface area contributed by atoms with Gasteiger partial charge in [0.1, 0.15) is 0 Å². The maximum absolute atomic E-state index is 12.8. The van der Waals surface area contributed by atoms with Gasteiger partial charge in [-0.15, -0.1) is 0 Å². The summed E-state index contributed by atoms with van der Waals surface area (Å²) in [5, 5.41) is 3.22. The summed E-state index contributed by atoms with van der Waals surface area (Å²) in [6, 6.07) is 13.1. The Labute approximate surface area is 174 Å². The molecule has 2 aromatic carbocycles. The highest BCUT2D eigenvalue weighted by atomic mass is 16.1. The first-order chi connectivity index (χ1) is 14.0. The third-order valence-corrected chi connectivity index (χ3v) is 6.65. The number of amides is 1. The lowest BCUT2D eigenvalue weighted by Gasteiger charge is -2.32. The molecule has 1 amide bonds. The minimum absolute atomic E-state index is 0.0231. The van der Waals surface area contributed by atoms with Crippen molar-refractivity contribution in [3.8, 4) is 0 Å². The van der Waals surface area contributed by atoms with Crippen molar-refractivity contribution in [3.63, 3.8) is 0 Å². The molecule has 0 saturated carbocycles. The van der Waals surface area contributed by atoms with Gasteiger partial charge in [0.2, 0.25) is 0 Å². The van der Waals surface area contributed by atoms with E-state index in [4.69, 9.17) is 0 Å². The van der Waals surface area contributed by atoms with Crippen LogP contribution >= 0.6 is 0 Å². The number of likely N-dealkylation sites (tertiary alicyclic amines) is 1. The van der Waals surface area contributed by atoms with Gasteiger partial charge in [-0.1, -0.05) is 18.2 Å². The van der Waals surface area contributed by atoms with Gasteiger partial charge >= 0.3 is 0 Å². The Morgan fingerprint density at radius 3 is 2.55 bits per heavy atom. The number of nitrogens with one attached hydrogen (secondary N) is 1. The molecule has 4 nitrogen and oxygen atoms in total. The Morgan fingerprint density at radius 2 is 1.79 bits per heavy atom. The van der Waals surface area contributed by atoms with Crippen LogP contribution in [0, 0.1) is 13.8 Å². The SMILES string of the molecule is Cc1ccc(C(=O)NC[C@@H](c2ccc3c(c2)CCCN3C)N2CCCC2)cc1C. The van der Waals surface area contributed by atoms with Gasteiger partial charge in [0.05, 0.1) is 6.04 Å². The van der Waals surface area contributed by atoms with Crippen molar-refractivity contribution in [1.82, 2.24) is 10.2 Å². The van der Waals surface area contributed by atoms with Gasteiger partial charge in [-0.2, -0.15) is 0 Å². The van der Waals surface area contributed by atoms with E-state index in [1.54, 1.807) is 0 Å². The van der Waals surface area contributed by atoms with Crippen LogP contribution in [0.2, 0.25) is 0 Å². The van der Waals surface area contributed by atoms with Crippen LogP contribution in [-0.2, 0) is 6.42 Å². The quantitative estimate of drug-likeness (QED) is 0.827. The molecule has 0 radical (unpaired) electrons. The lowest BCUT2D eigenvalue weighted by Crippen LogP contribution is -2.37. The first kappa shape index (κ1) is 20.0. The average Bonchev–Trinajstić information content (AvgIpc) is 3.25. The summed E-state index contributed by atoms with van der Waals surface area (Å²) >= 11 is 0. The Bertz CT molecular complexity index is 886. The summed E-state index contributed by atoms with van der Waals surface area (Å²) in [6.45, 7) is 8.15. The molecular weight excluding hydrogens is 358 g/mol. The fourth-order valence-corrected chi connectivity index (χ4v) is 4.70. The van der Waals surface area contributed by atoms with Crippen LogP contribution in [0.15, 0.2) is 36.4 Å². The number of anilines is 1. The summed E-state index contributed by atoms with van der Waals surface area (Å²) in [4.78, 5) is 17.7. The molecule has 0 bridgehead atoms. The van der Waals surface area contributed by atoms with Gasteiger partial charge in [0.15, 0.2) is 0 Å². The second-order valence-corrected chi connectivity index (χ2v) is 8.68. The zero-order valence-corrected chi connectivity index (χ0v) is 18.0. The largest absolute Gasteiger partial charge is 0.374 e. The zero-order chi connectivity index (χ0) is 20.4. The normalized spacial score (nSPS) is 17.8. The molecule has 0 aliphatic carbocycles. The van der Waals surface area contributed by atoms with E-state index in [1.807, 2.05) is 18.2 Å². The summed E-state index contributed by atoms with van der Waals surface area (Å²) < 4.78 is 0. The van der Waals surface area contributed by atoms with Crippen molar-refractivity contribution in [1.29, 1.82) is 0 Å². The zero-order valence-electron chi connectivity index (χ0n) is 18.0. The second kappa shape index (κ2) is 8.58. The molecule has 4 rings (SSSR count). The van der Waals surface area contributed by atoms with Crippen LogP contribution in [0.25, 0.3) is 0 Å². The van der Waals surface area contributed by atoms with Crippen LogP contribution in [0.4, 0.5) is 5.69 Å². The maximum atomic E-state index is 12.8. The number of nitrogens with zero attached hydrogens (tertiary/aromatic N) is 2. The number of aryl methyl sites for hydroxylation is 3. The summed E-state index contributed by atoms with van der Waals surface area (Å²) in [6.07, 6.45) is 4.85. The van der Waals surface area contributed by atoms with Gasteiger partial charge in [0, 0.05) is 31.4 Å². The molecule has 154 valence electrons. The van der Waals surface area contributed by atoms with E-state index >= 15 is 0 Å². The Hall–Kier alpha value is -2.33. The van der Waals surface area contributed by atoms with Crippen LogP contribution < -0.4 is 10.2 Å². The van der Waals surface area contributed by atoms with Crippen LogP contribution in [0.5, 0.6) is 0 Å². The number of fused-ring (bicyclic) bond motifs is 1. The van der Waals surface area contributed by atoms with Gasteiger partial charge < -0.3 is 10.2 Å². The molecule has 1 fully saturated rings. The van der Waals surface area contributed by atoms with Crippen LogP contribution in [0.3, 0.4) is 0 Å². The maximum Gasteiger partial charge on any atom is 0.251 e. The molecule has 0 spiro atoms. The van der Waals surface area contributed by atoms with Gasteiger partial charge in [0.25, 0.3) is 5.91 Å². The Balaban J connectivity index is 1.53. The number of carbonyl (C=O) groups excluding carboxylic acids is 1. The van der Waals surface area contributed by atoms with E-state index in [0.717, 1.165) is 37.2 Å². The molecular formula is C25H33N3O. The molecule has 0 aromatic heterocycles. The predicted molar refractivity (Wildman–Crippen MR) is 120 cm³/mol. The minimum Gasteiger partial charge on any atom is -0.374 e. The fourth-order valence-electron chi connectivity index (χ4n) is 4.70. The van der Waals surface area contributed by atoms with Crippen molar-refractivity contribution in [3.05, 3.63) is 64.2 Å². The highest BCUT2D eigenvalue weighted by Crippen LogP contribution is 2.31. The van der Waals surface area contributed by atoms with E-state index in [-0.39, 0.29) is 11.9 Å². The second-order valence-electron chi connectivity index (χ2n) is 8.68. The summed E-state index contributed by atoms with van der Waals surface area (Å²) in [5.74, 6) is 0.0231. The molecule has 1 N–H and O–H groups in total. The first-order valence-electron chi connectivity index (χ1n) is 11.0. The van der Waals surface area contributed by atoms with Crippen LogP contribution in [-0.4, -0.2) is 44.0 Å². The molecule has 1 saturated heterocycles. The molecule has 4 heteroatoms. The molecule has 29 heavy (non-hydrogen) atoms. The topological polar surface area (TPSA) is 35.6 Å². The summed E-state index contributed by atoms with van der Waals surface area (Å²) in [7, 11) is 2.18. The lowest BCUT2D eigenvalue weighted by molar-refractivity contribution is 0.0938. The monoisotopic (exact) mass is 391 g/mol. The van der Waals surface area contributed by atoms with Crippen molar-refractivity contribution >= 4 is 11.6 Å². The fraction of sp³-hybridized carbons (Fsp3) is 0.480. The third kappa shape index (κ3) is 4.32.